The highest BCUT2D eigenvalue weighted by Crippen LogP contribution is 2.15. The van der Waals surface area contributed by atoms with E-state index < -0.39 is 10.0 Å². The van der Waals surface area contributed by atoms with Gasteiger partial charge in [0.1, 0.15) is 5.82 Å². The van der Waals surface area contributed by atoms with Crippen LogP contribution in [0.4, 0.5) is 0 Å². The molecule has 1 aliphatic heterocycles. The summed E-state index contributed by atoms with van der Waals surface area (Å²) in [6.07, 6.45) is 3.56. The van der Waals surface area contributed by atoms with Gasteiger partial charge in [-0.1, -0.05) is 0 Å². The number of aryl methyl sites for hydroxylation is 1. The fourth-order valence-electron chi connectivity index (χ4n) is 2.28. The zero-order valence-corrected chi connectivity index (χ0v) is 11.6. The fraction of sp³-hybridized carbons (Fsp3) is 0.727. The van der Waals surface area contributed by atoms with E-state index in [0.29, 0.717) is 18.3 Å². The summed E-state index contributed by atoms with van der Waals surface area (Å²) in [5, 5.41) is 0.143. The van der Waals surface area contributed by atoms with Gasteiger partial charge >= 0.3 is 0 Å². The van der Waals surface area contributed by atoms with Gasteiger partial charge in [-0.2, -0.15) is 0 Å². The Balaban J connectivity index is 1.93. The quantitative estimate of drug-likeness (QED) is 0.828. The Morgan fingerprint density at radius 2 is 2.39 bits per heavy atom. The molecule has 2 N–H and O–H groups in total. The number of H-pyrrole nitrogens is 1. The van der Waals surface area contributed by atoms with E-state index in [1.165, 1.54) is 6.20 Å². The molecular weight excluding hydrogens is 252 g/mol. The highest BCUT2D eigenvalue weighted by Gasteiger charge is 2.21. The molecule has 0 bridgehead atoms. The summed E-state index contributed by atoms with van der Waals surface area (Å²) >= 11 is 0. The second-order valence-electron chi connectivity index (χ2n) is 4.96. The summed E-state index contributed by atoms with van der Waals surface area (Å²) in [4.78, 5) is 8.89. The van der Waals surface area contributed by atoms with Crippen LogP contribution in [0.25, 0.3) is 0 Å². The molecule has 2 heterocycles. The van der Waals surface area contributed by atoms with E-state index in [4.69, 9.17) is 0 Å². The number of rotatable bonds is 4. The fourth-order valence-corrected chi connectivity index (χ4v) is 3.36. The molecule has 1 aromatic rings. The van der Waals surface area contributed by atoms with Crippen molar-refractivity contribution in [3.8, 4) is 0 Å². The summed E-state index contributed by atoms with van der Waals surface area (Å²) < 4.78 is 26.6. The Morgan fingerprint density at radius 1 is 1.61 bits per heavy atom. The van der Waals surface area contributed by atoms with Crippen LogP contribution >= 0.6 is 0 Å². The third kappa shape index (κ3) is 3.30. The molecule has 1 atom stereocenters. The van der Waals surface area contributed by atoms with Gasteiger partial charge in [-0.15, -0.1) is 0 Å². The lowest BCUT2D eigenvalue weighted by molar-refractivity contribution is 0.211. The first-order valence-electron chi connectivity index (χ1n) is 6.17. The van der Waals surface area contributed by atoms with Crippen LogP contribution in [0.1, 0.15) is 18.7 Å². The number of sulfonamides is 1. The van der Waals surface area contributed by atoms with Crippen LogP contribution in [-0.4, -0.2) is 50.0 Å². The first kappa shape index (κ1) is 13.5. The molecule has 1 fully saturated rings. The monoisotopic (exact) mass is 272 g/mol. The molecule has 6 nitrogen and oxygen atoms in total. The third-order valence-electron chi connectivity index (χ3n) is 3.25. The molecule has 0 amide bonds. The molecular formula is C11H20N4O2S. The minimum absolute atomic E-state index is 0.143. The topological polar surface area (TPSA) is 78.1 Å². The van der Waals surface area contributed by atoms with Gasteiger partial charge in [-0.05, 0) is 39.3 Å². The van der Waals surface area contributed by atoms with Gasteiger partial charge < -0.3 is 9.88 Å². The highest BCUT2D eigenvalue weighted by atomic mass is 32.2. The number of piperidine rings is 1. The molecule has 102 valence electrons. The number of aromatic nitrogens is 2. The van der Waals surface area contributed by atoms with E-state index >= 15 is 0 Å². The molecule has 1 saturated heterocycles. The maximum absolute atomic E-state index is 12.0. The van der Waals surface area contributed by atoms with Crippen molar-refractivity contribution in [1.82, 2.24) is 19.6 Å². The Bertz CT molecular complexity index is 497. The summed E-state index contributed by atoms with van der Waals surface area (Å²) in [6.45, 7) is 4.27. The van der Waals surface area contributed by atoms with Crippen LogP contribution in [0.2, 0.25) is 0 Å². The van der Waals surface area contributed by atoms with Gasteiger partial charge in [0.15, 0.2) is 5.03 Å². The first-order chi connectivity index (χ1) is 8.47. The lowest BCUT2D eigenvalue weighted by Gasteiger charge is -2.29. The zero-order valence-electron chi connectivity index (χ0n) is 10.8. The number of hydrogen-bond donors (Lipinski definition) is 2. The van der Waals surface area contributed by atoms with Gasteiger partial charge in [0.2, 0.25) is 0 Å². The number of likely N-dealkylation sites (tertiary alicyclic amines) is 1. The lowest BCUT2D eigenvalue weighted by Crippen LogP contribution is -2.39. The van der Waals surface area contributed by atoms with E-state index in [1.54, 1.807) is 6.92 Å². The van der Waals surface area contributed by atoms with Crippen LogP contribution in [0.3, 0.4) is 0 Å². The van der Waals surface area contributed by atoms with Gasteiger partial charge in [0.25, 0.3) is 10.0 Å². The van der Waals surface area contributed by atoms with E-state index in [0.717, 1.165) is 25.9 Å². The average molecular weight is 272 g/mol. The van der Waals surface area contributed by atoms with Crippen LogP contribution in [0, 0.1) is 12.8 Å². The Morgan fingerprint density at radius 3 is 3.00 bits per heavy atom. The van der Waals surface area contributed by atoms with E-state index in [1.807, 2.05) is 0 Å². The molecule has 1 aromatic heterocycles. The van der Waals surface area contributed by atoms with E-state index in [9.17, 15) is 8.42 Å². The van der Waals surface area contributed by atoms with Crippen molar-refractivity contribution in [3.05, 3.63) is 12.0 Å². The van der Waals surface area contributed by atoms with Crippen molar-refractivity contribution in [1.29, 1.82) is 0 Å². The summed E-state index contributed by atoms with van der Waals surface area (Å²) in [5.41, 5.74) is 0. The smallest absolute Gasteiger partial charge is 0.257 e. The second-order valence-corrected chi connectivity index (χ2v) is 6.69. The standard InChI is InChI=1S/C11H20N4O2S/c1-9-12-7-11(14-9)18(16,17)13-6-10-4-3-5-15(2)8-10/h7,10,13H,3-6,8H2,1-2H3,(H,12,14). The molecule has 0 saturated carbocycles. The third-order valence-corrected chi connectivity index (χ3v) is 4.59. The molecule has 2 rings (SSSR count). The maximum Gasteiger partial charge on any atom is 0.257 e. The van der Waals surface area contributed by atoms with Crippen molar-refractivity contribution in [2.24, 2.45) is 5.92 Å². The molecule has 0 aliphatic carbocycles. The summed E-state index contributed by atoms with van der Waals surface area (Å²) in [7, 11) is -1.37. The Hall–Kier alpha value is -0.920. The predicted octanol–water partition coefficient (Wildman–Crippen LogP) is 0.338. The molecule has 1 aliphatic rings. The van der Waals surface area contributed by atoms with Gasteiger partial charge in [0.05, 0.1) is 6.20 Å². The number of nitrogens with zero attached hydrogens (tertiary/aromatic N) is 2. The zero-order chi connectivity index (χ0) is 13.2. The van der Waals surface area contributed by atoms with Crippen molar-refractivity contribution < 1.29 is 8.42 Å². The Kier molecular flexibility index (Phi) is 4.04. The minimum Gasteiger partial charge on any atom is -0.332 e. The molecule has 0 aromatic carbocycles. The average Bonchev–Trinajstić information content (AvgIpc) is 2.74. The second kappa shape index (κ2) is 5.38. The van der Waals surface area contributed by atoms with Gasteiger partial charge in [0, 0.05) is 13.1 Å². The van der Waals surface area contributed by atoms with Gasteiger partial charge in [-0.3, -0.25) is 0 Å². The van der Waals surface area contributed by atoms with E-state index in [-0.39, 0.29) is 5.03 Å². The summed E-state index contributed by atoms with van der Waals surface area (Å²) in [6, 6.07) is 0. The number of imidazole rings is 1. The maximum atomic E-state index is 12.0. The van der Waals surface area contributed by atoms with Crippen molar-refractivity contribution in [2.75, 3.05) is 26.7 Å². The van der Waals surface area contributed by atoms with Crippen LogP contribution < -0.4 is 4.72 Å². The molecule has 0 spiro atoms. The van der Waals surface area contributed by atoms with Gasteiger partial charge in [-0.25, -0.2) is 18.1 Å². The lowest BCUT2D eigenvalue weighted by atomic mass is 9.99. The first-order valence-corrected chi connectivity index (χ1v) is 7.65. The van der Waals surface area contributed by atoms with Crippen LogP contribution in [-0.2, 0) is 10.0 Å². The van der Waals surface area contributed by atoms with Crippen molar-refractivity contribution in [2.45, 2.75) is 24.8 Å². The largest absolute Gasteiger partial charge is 0.332 e. The minimum atomic E-state index is -3.44. The van der Waals surface area contributed by atoms with Crippen molar-refractivity contribution >= 4 is 10.0 Å². The van der Waals surface area contributed by atoms with Crippen LogP contribution in [0.15, 0.2) is 11.2 Å². The molecule has 7 heteroatoms. The molecule has 0 radical (unpaired) electrons. The summed E-state index contributed by atoms with van der Waals surface area (Å²) in [5.74, 6) is 0.996. The van der Waals surface area contributed by atoms with E-state index in [2.05, 4.69) is 26.6 Å². The SMILES string of the molecule is Cc1ncc(S(=O)(=O)NCC2CCCN(C)C2)[nH]1. The number of aromatic amines is 1. The van der Waals surface area contributed by atoms with Crippen molar-refractivity contribution in [3.63, 3.8) is 0 Å². The highest BCUT2D eigenvalue weighted by molar-refractivity contribution is 7.89. The predicted molar refractivity (Wildman–Crippen MR) is 68.7 cm³/mol. The number of hydrogen-bond acceptors (Lipinski definition) is 4. The molecule has 18 heavy (non-hydrogen) atoms. The van der Waals surface area contributed by atoms with Crippen LogP contribution in [0.5, 0.6) is 0 Å². The Labute approximate surface area is 108 Å². The number of nitrogens with one attached hydrogen (secondary N) is 2. The molecule has 1 unspecified atom stereocenters. The normalized spacial score (nSPS) is 22.2.